The summed E-state index contributed by atoms with van der Waals surface area (Å²) in [7, 11) is 0. The van der Waals surface area contributed by atoms with Crippen LogP contribution in [0.25, 0.3) is 0 Å². The van der Waals surface area contributed by atoms with Crippen molar-refractivity contribution < 1.29 is 9.31 Å². The first-order valence-electron chi connectivity index (χ1n) is 6.94. The van der Waals surface area contributed by atoms with E-state index in [1.165, 1.54) is 12.1 Å². The predicted octanol–water partition coefficient (Wildman–Crippen LogP) is 2.56. The molecule has 5 nitrogen and oxygen atoms in total. The average Bonchev–Trinajstić information content (AvgIpc) is 2.42. The van der Waals surface area contributed by atoms with Crippen LogP contribution < -0.4 is 5.32 Å². The maximum absolute atomic E-state index is 13.4. The summed E-state index contributed by atoms with van der Waals surface area (Å²) in [5, 5.41) is 13.7. The van der Waals surface area contributed by atoms with Gasteiger partial charge < -0.3 is 10.2 Å². The Bertz CT molecular complexity index is 440. The van der Waals surface area contributed by atoms with Crippen LogP contribution in [0.3, 0.4) is 0 Å². The molecule has 1 aromatic carbocycles. The molecule has 0 bridgehead atoms. The summed E-state index contributed by atoms with van der Waals surface area (Å²) in [6, 6.07) is 4.01. The van der Waals surface area contributed by atoms with Gasteiger partial charge in [0.2, 0.25) is 5.82 Å². The van der Waals surface area contributed by atoms with Crippen molar-refractivity contribution in [3.63, 3.8) is 0 Å². The molecule has 0 aliphatic heterocycles. The lowest BCUT2D eigenvalue weighted by Crippen LogP contribution is -2.32. The maximum Gasteiger partial charge on any atom is 0.304 e. The standard InChI is InChI=1S/C14H22FN3O2/c1-3-8-17(4-2)9-7-16-11-12-5-6-14(18(19)20)13(15)10-12/h5-6,10,16H,3-4,7-9,11H2,1-2H3. The van der Waals surface area contributed by atoms with E-state index in [1.54, 1.807) is 6.07 Å². The van der Waals surface area contributed by atoms with Crippen LogP contribution in [0.2, 0.25) is 0 Å². The molecular weight excluding hydrogens is 261 g/mol. The van der Waals surface area contributed by atoms with Crippen molar-refractivity contribution in [2.75, 3.05) is 26.2 Å². The van der Waals surface area contributed by atoms with Gasteiger partial charge in [-0.1, -0.05) is 19.9 Å². The number of nitro groups is 1. The highest BCUT2D eigenvalue weighted by Gasteiger charge is 2.13. The summed E-state index contributed by atoms with van der Waals surface area (Å²) in [4.78, 5) is 12.1. The number of benzene rings is 1. The van der Waals surface area contributed by atoms with Crippen molar-refractivity contribution in [3.05, 3.63) is 39.7 Å². The van der Waals surface area contributed by atoms with Gasteiger partial charge in [-0.05, 0) is 31.1 Å². The van der Waals surface area contributed by atoms with Crippen LogP contribution in [-0.2, 0) is 6.54 Å². The van der Waals surface area contributed by atoms with Gasteiger partial charge in [0.05, 0.1) is 4.92 Å². The Kier molecular flexibility index (Phi) is 7.11. The number of hydrogen-bond donors (Lipinski definition) is 1. The lowest BCUT2D eigenvalue weighted by atomic mass is 10.2. The van der Waals surface area contributed by atoms with Gasteiger partial charge >= 0.3 is 5.69 Å². The summed E-state index contributed by atoms with van der Waals surface area (Å²) in [5.74, 6) is -0.782. The Morgan fingerprint density at radius 3 is 2.65 bits per heavy atom. The van der Waals surface area contributed by atoms with Gasteiger partial charge in [-0.25, -0.2) is 0 Å². The molecule has 0 amide bonds. The summed E-state index contributed by atoms with van der Waals surface area (Å²) in [6.07, 6.45) is 1.13. The molecule has 20 heavy (non-hydrogen) atoms. The fourth-order valence-corrected chi connectivity index (χ4v) is 2.02. The smallest absolute Gasteiger partial charge is 0.304 e. The van der Waals surface area contributed by atoms with E-state index in [4.69, 9.17) is 0 Å². The van der Waals surface area contributed by atoms with E-state index in [1.807, 2.05) is 0 Å². The Hall–Kier alpha value is -1.53. The molecule has 112 valence electrons. The fraction of sp³-hybridized carbons (Fsp3) is 0.571. The quantitative estimate of drug-likeness (QED) is 0.430. The Morgan fingerprint density at radius 1 is 1.35 bits per heavy atom. The Morgan fingerprint density at radius 2 is 2.10 bits per heavy atom. The van der Waals surface area contributed by atoms with Crippen LogP contribution in [-0.4, -0.2) is 36.0 Å². The zero-order valence-corrected chi connectivity index (χ0v) is 12.1. The number of likely N-dealkylation sites (N-methyl/N-ethyl adjacent to an activating group) is 1. The molecule has 0 unspecified atom stereocenters. The molecule has 0 saturated carbocycles. The summed E-state index contributed by atoms with van der Waals surface area (Å²) in [6.45, 7) is 8.63. The normalized spacial score (nSPS) is 11.0. The van der Waals surface area contributed by atoms with Crippen LogP contribution in [0.15, 0.2) is 18.2 Å². The van der Waals surface area contributed by atoms with E-state index in [9.17, 15) is 14.5 Å². The number of hydrogen-bond acceptors (Lipinski definition) is 4. The molecule has 0 saturated heterocycles. The summed E-state index contributed by atoms with van der Waals surface area (Å²) < 4.78 is 13.4. The van der Waals surface area contributed by atoms with E-state index >= 15 is 0 Å². The third-order valence-electron chi connectivity index (χ3n) is 3.13. The van der Waals surface area contributed by atoms with Crippen molar-refractivity contribution in [1.29, 1.82) is 0 Å². The van der Waals surface area contributed by atoms with Crippen LogP contribution in [0.5, 0.6) is 0 Å². The van der Waals surface area contributed by atoms with Gasteiger partial charge in [-0.2, -0.15) is 4.39 Å². The molecule has 0 spiro atoms. The van der Waals surface area contributed by atoms with Crippen molar-refractivity contribution in [2.24, 2.45) is 0 Å². The zero-order valence-electron chi connectivity index (χ0n) is 12.1. The van der Waals surface area contributed by atoms with Crippen LogP contribution >= 0.6 is 0 Å². The lowest BCUT2D eigenvalue weighted by Gasteiger charge is -2.19. The Balaban J connectivity index is 2.39. The molecule has 0 atom stereocenters. The van der Waals surface area contributed by atoms with Gasteiger partial charge in [0, 0.05) is 25.7 Å². The number of rotatable bonds is 9. The largest absolute Gasteiger partial charge is 0.311 e. The zero-order chi connectivity index (χ0) is 15.0. The first-order chi connectivity index (χ1) is 9.58. The SMILES string of the molecule is CCCN(CC)CCNCc1ccc([N+](=O)[O-])c(F)c1. The molecule has 6 heteroatoms. The monoisotopic (exact) mass is 283 g/mol. The third-order valence-corrected chi connectivity index (χ3v) is 3.13. The number of nitrogens with one attached hydrogen (secondary N) is 1. The second-order valence-electron chi connectivity index (χ2n) is 4.65. The lowest BCUT2D eigenvalue weighted by molar-refractivity contribution is -0.387. The van der Waals surface area contributed by atoms with Gasteiger partial charge in [0.15, 0.2) is 0 Å². The summed E-state index contributed by atoms with van der Waals surface area (Å²) in [5.41, 5.74) is 0.237. The molecule has 0 fully saturated rings. The minimum absolute atomic E-state index is 0.478. The van der Waals surface area contributed by atoms with Gasteiger partial charge in [0.25, 0.3) is 0 Å². The van der Waals surface area contributed by atoms with Gasteiger partial charge in [-0.3, -0.25) is 10.1 Å². The second-order valence-corrected chi connectivity index (χ2v) is 4.65. The number of halogens is 1. The molecule has 0 aliphatic rings. The van der Waals surface area contributed by atoms with Crippen LogP contribution in [0.4, 0.5) is 10.1 Å². The number of nitro benzene ring substituents is 1. The molecule has 0 heterocycles. The molecule has 0 radical (unpaired) electrons. The maximum atomic E-state index is 13.4. The third kappa shape index (κ3) is 5.22. The highest BCUT2D eigenvalue weighted by molar-refractivity contribution is 5.34. The summed E-state index contributed by atoms with van der Waals surface area (Å²) >= 11 is 0. The molecule has 1 N–H and O–H groups in total. The van der Waals surface area contributed by atoms with Crippen molar-refractivity contribution in [3.8, 4) is 0 Å². The van der Waals surface area contributed by atoms with E-state index in [0.29, 0.717) is 12.1 Å². The van der Waals surface area contributed by atoms with E-state index in [2.05, 4.69) is 24.1 Å². The van der Waals surface area contributed by atoms with Crippen molar-refractivity contribution >= 4 is 5.69 Å². The number of nitrogens with zero attached hydrogens (tertiary/aromatic N) is 2. The van der Waals surface area contributed by atoms with E-state index in [0.717, 1.165) is 32.6 Å². The molecule has 0 aliphatic carbocycles. The second kappa shape index (κ2) is 8.60. The first kappa shape index (κ1) is 16.5. The molecule has 0 aromatic heterocycles. The molecule has 1 aromatic rings. The molecule has 1 rings (SSSR count). The topological polar surface area (TPSA) is 58.4 Å². The highest BCUT2D eigenvalue weighted by Crippen LogP contribution is 2.17. The highest BCUT2D eigenvalue weighted by atomic mass is 19.1. The Labute approximate surface area is 118 Å². The van der Waals surface area contributed by atoms with E-state index < -0.39 is 16.4 Å². The van der Waals surface area contributed by atoms with E-state index in [-0.39, 0.29) is 0 Å². The van der Waals surface area contributed by atoms with Crippen LogP contribution in [0.1, 0.15) is 25.8 Å². The predicted molar refractivity (Wildman–Crippen MR) is 77.2 cm³/mol. The van der Waals surface area contributed by atoms with Crippen molar-refractivity contribution in [2.45, 2.75) is 26.8 Å². The van der Waals surface area contributed by atoms with Gasteiger partial charge in [-0.15, -0.1) is 0 Å². The van der Waals surface area contributed by atoms with Gasteiger partial charge in [0.1, 0.15) is 0 Å². The minimum Gasteiger partial charge on any atom is -0.311 e. The minimum atomic E-state index is -0.782. The van der Waals surface area contributed by atoms with Crippen LogP contribution in [0, 0.1) is 15.9 Å². The molecular formula is C14H22FN3O2. The first-order valence-corrected chi connectivity index (χ1v) is 6.94. The average molecular weight is 283 g/mol. The fourth-order valence-electron chi connectivity index (χ4n) is 2.02. The van der Waals surface area contributed by atoms with Crippen molar-refractivity contribution in [1.82, 2.24) is 10.2 Å².